The first kappa shape index (κ1) is 15.7. The highest BCUT2D eigenvalue weighted by Gasteiger charge is 2.42. The molecule has 9 heteroatoms. The molecule has 0 saturated heterocycles. The number of hydrogen-bond acceptors (Lipinski definition) is 5. The Morgan fingerprint density at radius 3 is 2.68 bits per heavy atom. The molecule has 2 atom stereocenters. The quantitative estimate of drug-likeness (QED) is 0.336. The molecule has 108 valence electrons. The van der Waals surface area contributed by atoms with Gasteiger partial charge in [-0.3, -0.25) is 0 Å². The highest BCUT2D eigenvalue weighted by Crippen LogP contribution is 2.27. The predicted molar refractivity (Wildman–Crippen MR) is 66.2 cm³/mol. The van der Waals surface area contributed by atoms with Gasteiger partial charge in [0, 0.05) is 17.6 Å². The molecule has 0 aromatic carbocycles. The zero-order valence-corrected chi connectivity index (χ0v) is 11.2. The molecule has 4 N–H and O–H groups in total. The van der Waals surface area contributed by atoms with Crippen LogP contribution in [0, 0.1) is 12.8 Å². The summed E-state index contributed by atoms with van der Waals surface area (Å²) >= 11 is 1.37. The minimum atomic E-state index is -4.57. The summed E-state index contributed by atoms with van der Waals surface area (Å²) in [7, 11) is 0. The van der Waals surface area contributed by atoms with E-state index >= 15 is 0 Å². The Labute approximate surface area is 112 Å². The van der Waals surface area contributed by atoms with Gasteiger partial charge in [0.05, 0.1) is 6.04 Å². The number of nitrogens with zero attached hydrogens (tertiary/aromatic N) is 2. The number of rotatable bonds is 5. The lowest BCUT2D eigenvalue weighted by atomic mass is 10.1. The summed E-state index contributed by atoms with van der Waals surface area (Å²) in [4.78, 5) is 4.18. The van der Waals surface area contributed by atoms with Crippen molar-refractivity contribution in [1.82, 2.24) is 10.3 Å². The van der Waals surface area contributed by atoms with Crippen LogP contribution in [0.5, 0.6) is 0 Å². The second kappa shape index (κ2) is 6.20. The van der Waals surface area contributed by atoms with E-state index in [4.69, 9.17) is 10.9 Å². The van der Waals surface area contributed by atoms with E-state index in [1.807, 2.05) is 12.3 Å². The van der Waals surface area contributed by atoms with Crippen molar-refractivity contribution in [3.63, 3.8) is 0 Å². The maximum atomic E-state index is 12.7. The van der Waals surface area contributed by atoms with Crippen LogP contribution >= 0.6 is 11.3 Å². The van der Waals surface area contributed by atoms with Gasteiger partial charge in [-0.25, -0.2) is 4.98 Å². The summed E-state index contributed by atoms with van der Waals surface area (Å²) in [6.45, 7) is 3.04. The zero-order chi connectivity index (χ0) is 14.6. The Bertz CT molecular complexity index is 446. The number of oxime groups is 1. The number of nitrogens with two attached hydrogens (primary N) is 1. The highest BCUT2D eigenvalue weighted by molar-refractivity contribution is 7.09. The van der Waals surface area contributed by atoms with Gasteiger partial charge in [-0.15, -0.1) is 11.3 Å². The third kappa shape index (κ3) is 4.35. The molecule has 0 radical (unpaired) electrons. The lowest BCUT2D eigenvalue weighted by molar-refractivity contribution is -0.155. The molecule has 1 aromatic heterocycles. The molecule has 1 aromatic rings. The third-order valence-electron chi connectivity index (χ3n) is 2.50. The van der Waals surface area contributed by atoms with E-state index < -0.39 is 24.5 Å². The first-order valence-electron chi connectivity index (χ1n) is 5.45. The number of aromatic nitrogens is 1. The monoisotopic (exact) mass is 296 g/mol. The molecule has 0 saturated carbocycles. The Kier molecular flexibility index (Phi) is 5.12. The SMILES string of the molecule is Cc1csc(C(C)NCC(C(N)=NO)C(F)(F)F)n1. The van der Waals surface area contributed by atoms with Crippen LogP contribution in [-0.2, 0) is 0 Å². The predicted octanol–water partition coefficient (Wildman–Crippen LogP) is 2.03. The van der Waals surface area contributed by atoms with Gasteiger partial charge in [0.1, 0.15) is 10.9 Å². The molecular weight excluding hydrogens is 281 g/mol. The largest absolute Gasteiger partial charge is 0.409 e. The topological polar surface area (TPSA) is 83.5 Å². The normalized spacial score (nSPS) is 16.4. The van der Waals surface area contributed by atoms with Crippen molar-refractivity contribution in [2.45, 2.75) is 26.1 Å². The first-order valence-corrected chi connectivity index (χ1v) is 6.33. The fraction of sp³-hybridized carbons (Fsp3) is 0.600. The number of amidine groups is 1. The van der Waals surface area contributed by atoms with Crippen molar-refractivity contribution in [2.24, 2.45) is 16.8 Å². The Morgan fingerprint density at radius 2 is 2.26 bits per heavy atom. The first-order chi connectivity index (χ1) is 8.75. The zero-order valence-electron chi connectivity index (χ0n) is 10.4. The van der Waals surface area contributed by atoms with Crippen molar-refractivity contribution in [2.75, 3.05) is 6.54 Å². The van der Waals surface area contributed by atoms with Crippen LogP contribution < -0.4 is 11.1 Å². The van der Waals surface area contributed by atoms with E-state index in [1.54, 1.807) is 6.92 Å². The average Bonchev–Trinajstić information content (AvgIpc) is 2.73. The molecular formula is C10H15F3N4OS. The van der Waals surface area contributed by atoms with Gasteiger partial charge in [-0.05, 0) is 13.8 Å². The van der Waals surface area contributed by atoms with Crippen LogP contribution in [0.3, 0.4) is 0 Å². The van der Waals surface area contributed by atoms with E-state index in [1.165, 1.54) is 11.3 Å². The maximum Gasteiger partial charge on any atom is 0.400 e. The lowest BCUT2D eigenvalue weighted by Crippen LogP contribution is -2.43. The summed E-state index contributed by atoms with van der Waals surface area (Å²) in [5.41, 5.74) is 5.88. The van der Waals surface area contributed by atoms with Crippen molar-refractivity contribution in [3.05, 3.63) is 16.1 Å². The van der Waals surface area contributed by atoms with Crippen molar-refractivity contribution in [1.29, 1.82) is 0 Å². The molecule has 0 spiro atoms. The van der Waals surface area contributed by atoms with E-state index in [2.05, 4.69) is 15.5 Å². The number of nitrogens with one attached hydrogen (secondary N) is 1. The molecule has 0 aliphatic rings. The molecule has 19 heavy (non-hydrogen) atoms. The summed E-state index contributed by atoms with van der Waals surface area (Å²) in [6.07, 6.45) is -4.57. The number of alkyl halides is 3. The number of thiazole rings is 1. The molecule has 0 aliphatic heterocycles. The van der Waals surface area contributed by atoms with Crippen LogP contribution in [0.4, 0.5) is 13.2 Å². The molecule has 0 bridgehead atoms. The van der Waals surface area contributed by atoms with Gasteiger partial charge < -0.3 is 16.3 Å². The van der Waals surface area contributed by atoms with E-state index in [0.717, 1.165) is 5.69 Å². The minimum absolute atomic E-state index is 0.338. The standard InChI is InChI=1S/C10H15F3N4OS/c1-5-4-19-9(16-5)6(2)15-3-7(8(14)17-18)10(11,12)13/h4,6-7,15,18H,3H2,1-2H3,(H2,14,17). The van der Waals surface area contributed by atoms with Crippen LogP contribution in [0.2, 0.25) is 0 Å². The minimum Gasteiger partial charge on any atom is -0.409 e. The average molecular weight is 296 g/mol. The van der Waals surface area contributed by atoms with E-state index in [9.17, 15) is 13.2 Å². The summed E-state index contributed by atoms with van der Waals surface area (Å²) < 4.78 is 38.1. The molecule has 0 fully saturated rings. The van der Waals surface area contributed by atoms with Crippen LogP contribution in [0.1, 0.15) is 23.7 Å². The molecule has 5 nitrogen and oxygen atoms in total. The van der Waals surface area contributed by atoms with Gasteiger partial charge in [0.2, 0.25) is 0 Å². The smallest absolute Gasteiger partial charge is 0.400 e. The molecule has 0 amide bonds. The Balaban J connectivity index is 2.67. The summed E-state index contributed by atoms with van der Waals surface area (Å²) in [5.74, 6) is -2.89. The lowest BCUT2D eigenvalue weighted by Gasteiger charge is -2.21. The number of halogens is 3. The van der Waals surface area contributed by atoms with Crippen LogP contribution in [0.25, 0.3) is 0 Å². The second-order valence-electron chi connectivity index (χ2n) is 4.08. The number of aryl methyl sites for hydroxylation is 1. The van der Waals surface area contributed by atoms with Crippen LogP contribution in [-0.4, -0.2) is 28.7 Å². The molecule has 0 aliphatic carbocycles. The molecule has 2 unspecified atom stereocenters. The van der Waals surface area contributed by atoms with Gasteiger partial charge >= 0.3 is 6.18 Å². The summed E-state index contributed by atoms with van der Waals surface area (Å²) in [5, 5.41) is 16.0. The third-order valence-corrected chi connectivity index (χ3v) is 3.65. The van der Waals surface area contributed by atoms with E-state index in [-0.39, 0.29) is 6.04 Å². The number of hydrogen-bond donors (Lipinski definition) is 3. The maximum absolute atomic E-state index is 12.7. The Hall–Kier alpha value is -1.35. The van der Waals surface area contributed by atoms with E-state index in [0.29, 0.717) is 5.01 Å². The van der Waals surface area contributed by atoms with Crippen molar-refractivity contribution in [3.8, 4) is 0 Å². The second-order valence-corrected chi connectivity index (χ2v) is 4.97. The highest BCUT2D eigenvalue weighted by atomic mass is 32.1. The van der Waals surface area contributed by atoms with Gasteiger partial charge in [0.15, 0.2) is 5.84 Å². The van der Waals surface area contributed by atoms with Crippen LogP contribution in [0.15, 0.2) is 10.5 Å². The molecule has 1 rings (SSSR count). The molecule has 1 heterocycles. The van der Waals surface area contributed by atoms with Gasteiger partial charge in [-0.2, -0.15) is 13.2 Å². The Morgan fingerprint density at radius 1 is 1.63 bits per heavy atom. The van der Waals surface area contributed by atoms with Gasteiger partial charge in [-0.1, -0.05) is 5.16 Å². The van der Waals surface area contributed by atoms with Crippen molar-refractivity contribution >= 4 is 17.2 Å². The van der Waals surface area contributed by atoms with Gasteiger partial charge in [0.25, 0.3) is 0 Å². The fourth-order valence-electron chi connectivity index (χ4n) is 1.41. The fourth-order valence-corrected chi connectivity index (χ4v) is 2.24. The van der Waals surface area contributed by atoms with Crippen molar-refractivity contribution < 1.29 is 18.4 Å². The summed E-state index contributed by atoms with van der Waals surface area (Å²) in [6, 6.07) is -0.338.